The summed E-state index contributed by atoms with van der Waals surface area (Å²) in [6.07, 6.45) is 1.85. The zero-order chi connectivity index (χ0) is 14.3. The molecule has 0 aromatic heterocycles. The quantitative estimate of drug-likeness (QED) is 0.916. The highest BCUT2D eigenvalue weighted by Gasteiger charge is 2.45. The van der Waals surface area contributed by atoms with E-state index in [-0.39, 0.29) is 5.54 Å². The minimum atomic E-state index is -3.39. The number of hydrogen-bond acceptors (Lipinski definition) is 3. The first kappa shape index (κ1) is 14.5. The first-order chi connectivity index (χ1) is 8.78. The first-order valence-electron chi connectivity index (χ1n) is 6.65. The summed E-state index contributed by atoms with van der Waals surface area (Å²) in [6.45, 7) is 6.71. The van der Waals surface area contributed by atoms with E-state index in [0.717, 1.165) is 24.0 Å². The van der Waals surface area contributed by atoms with Gasteiger partial charge in [-0.3, -0.25) is 0 Å². The average Bonchev–Trinajstić information content (AvgIpc) is 2.25. The Bertz CT molecular complexity index is 575. The predicted octanol–water partition coefficient (Wildman–Crippen LogP) is 1.81. The van der Waals surface area contributed by atoms with Crippen LogP contribution in [-0.4, -0.2) is 31.4 Å². The Kier molecular flexibility index (Phi) is 3.73. The molecule has 2 rings (SSSR count). The predicted molar refractivity (Wildman–Crippen MR) is 76.5 cm³/mol. The monoisotopic (exact) mass is 282 g/mol. The van der Waals surface area contributed by atoms with Crippen LogP contribution in [0.25, 0.3) is 0 Å². The van der Waals surface area contributed by atoms with Crippen LogP contribution in [0.15, 0.2) is 23.1 Å². The number of rotatable bonds is 4. The van der Waals surface area contributed by atoms with Crippen molar-refractivity contribution in [1.82, 2.24) is 4.31 Å². The molecule has 1 aromatic carbocycles. The van der Waals surface area contributed by atoms with E-state index < -0.39 is 10.0 Å². The molecule has 1 heterocycles. The second-order valence-corrected chi connectivity index (χ2v) is 7.56. The number of nitrogens with zero attached hydrogens (tertiary/aromatic N) is 1. The van der Waals surface area contributed by atoms with Gasteiger partial charge in [0.25, 0.3) is 0 Å². The Balaban J connectivity index is 2.21. The Morgan fingerprint density at radius 3 is 2.47 bits per heavy atom. The maximum Gasteiger partial charge on any atom is 0.243 e. The van der Waals surface area contributed by atoms with Crippen LogP contribution in [0.2, 0.25) is 0 Å². The lowest BCUT2D eigenvalue weighted by Crippen LogP contribution is -2.68. The molecule has 1 saturated heterocycles. The van der Waals surface area contributed by atoms with E-state index in [2.05, 4.69) is 6.92 Å². The van der Waals surface area contributed by atoms with E-state index in [0.29, 0.717) is 18.0 Å². The van der Waals surface area contributed by atoms with Gasteiger partial charge >= 0.3 is 0 Å². The number of hydrogen-bond donors (Lipinski definition) is 1. The number of nitrogens with two attached hydrogens (primary N) is 1. The molecule has 0 unspecified atom stereocenters. The van der Waals surface area contributed by atoms with Crippen LogP contribution in [0.1, 0.15) is 30.9 Å². The molecule has 1 aliphatic heterocycles. The van der Waals surface area contributed by atoms with Gasteiger partial charge in [0, 0.05) is 18.6 Å². The Morgan fingerprint density at radius 2 is 1.95 bits per heavy atom. The third-order valence-corrected chi connectivity index (χ3v) is 5.63. The zero-order valence-corrected chi connectivity index (χ0v) is 12.6. The van der Waals surface area contributed by atoms with Crippen LogP contribution in [0.3, 0.4) is 0 Å². The van der Waals surface area contributed by atoms with Crippen molar-refractivity contribution >= 4 is 10.0 Å². The van der Waals surface area contributed by atoms with Crippen molar-refractivity contribution < 1.29 is 8.42 Å². The molecule has 106 valence electrons. The first-order valence-corrected chi connectivity index (χ1v) is 8.09. The second-order valence-electron chi connectivity index (χ2n) is 5.65. The fourth-order valence-corrected chi connectivity index (χ4v) is 4.55. The molecule has 4 nitrogen and oxygen atoms in total. The van der Waals surface area contributed by atoms with E-state index >= 15 is 0 Å². The van der Waals surface area contributed by atoms with Gasteiger partial charge in [-0.2, -0.15) is 4.31 Å². The van der Waals surface area contributed by atoms with Gasteiger partial charge < -0.3 is 5.73 Å². The lowest BCUT2D eigenvalue weighted by atomic mass is 9.89. The highest BCUT2D eigenvalue weighted by molar-refractivity contribution is 7.89. The molecule has 0 spiro atoms. The molecule has 1 aliphatic rings. The van der Waals surface area contributed by atoms with E-state index in [1.54, 1.807) is 6.07 Å². The van der Waals surface area contributed by atoms with Gasteiger partial charge in [0.2, 0.25) is 10.0 Å². The average molecular weight is 282 g/mol. The van der Waals surface area contributed by atoms with Crippen LogP contribution in [0.4, 0.5) is 0 Å². The molecule has 0 amide bonds. The van der Waals surface area contributed by atoms with Gasteiger partial charge in [-0.1, -0.05) is 31.0 Å². The SMILES string of the molecule is CCCC1(N)CN(S(=O)(=O)c2ccc(C)cc2C)C1. The summed E-state index contributed by atoms with van der Waals surface area (Å²) in [6, 6.07) is 5.42. The van der Waals surface area contributed by atoms with Gasteiger partial charge in [0.05, 0.1) is 4.90 Å². The third kappa shape index (κ3) is 2.68. The van der Waals surface area contributed by atoms with Crippen molar-refractivity contribution in [2.45, 2.75) is 44.0 Å². The fourth-order valence-electron chi connectivity index (χ4n) is 2.71. The Morgan fingerprint density at radius 1 is 1.32 bits per heavy atom. The lowest BCUT2D eigenvalue weighted by molar-refractivity contribution is 0.147. The fraction of sp³-hybridized carbons (Fsp3) is 0.571. The zero-order valence-electron chi connectivity index (χ0n) is 11.8. The molecule has 5 heteroatoms. The maximum absolute atomic E-state index is 12.5. The largest absolute Gasteiger partial charge is 0.323 e. The van der Waals surface area contributed by atoms with Crippen molar-refractivity contribution in [2.75, 3.05) is 13.1 Å². The second kappa shape index (κ2) is 4.89. The Hall–Kier alpha value is -0.910. The van der Waals surface area contributed by atoms with Crippen LogP contribution < -0.4 is 5.73 Å². The molecular weight excluding hydrogens is 260 g/mol. The minimum Gasteiger partial charge on any atom is -0.323 e. The van der Waals surface area contributed by atoms with Gasteiger partial charge in [0.1, 0.15) is 0 Å². The molecule has 1 fully saturated rings. The molecule has 0 bridgehead atoms. The summed E-state index contributed by atoms with van der Waals surface area (Å²) >= 11 is 0. The van der Waals surface area contributed by atoms with Gasteiger partial charge in [-0.25, -0.2) is 8.42 Å². The van der Waals surface area contributed by atoms with Crippen molar-refractivity contribution in [3.05, 3.63) is 29.3 Å². The summed E-state index contributed by atoms with van der Waals surface area (Å²) in [5.74, 6) is 0. The Labute approximate surface area is 115 Å². The molecule has 19 heavy (non-hydrogen) atoms. The van der Waals surface area contributed by atoms with E-state index in [1.165, 1.54) is 4.31 Å². The van der Waals surface area contributed by atoms with Crippen molar-refractivity contribution in [2.24, 2.45) is 5.73 Å². The van der Waals surface area contributed by atoms with E-state index in [4.69, 9.17) is 5.73 Å². The smallest absolute Gasteiger partial charge is 0.243 e. The van der Waals surface area contributed by atoms with Gasteiger partial charge in [-0.15, -0.1) is 0 Å². The van der Waals surface area contributed by atoms with Crippen LogP contribution in [0, 0.1) is 13.8 Å². The van der Waals surface area contributed by atoms with E-state index in [9.17, 15) is 8.42 Å². The summed E-state index contributed by atoms with van der Waals surface area (Å²) in [5.41, 5.74) is 7.67. The molecular formula is C14H22N2O2S. The normalized spacial score (nSPS) is 19.2. The molecule has 0 aliphatic carbocycles. The van der Waals surface area contributed by atoms with Gasteiger partial charge in [0.15, 0.2) is 0 Å². The maximum atomic E-state index is 12.5. The van der Waals surface area contributed by atoms with Crippen LogP contribution in [0.5, 0.6) is 0 Å². The summed E-state index contributed by atoms with van der Waals surface area (Å²) in [5, 5.41) is 0. The highest BCUT2D eigenvalue weighted by atomic mass is 32.2. The molecule has 2 N–H and O–H groups in total. The molecule has 0 atom stereocenters. The van der Waals surface area contributed by atoms with Crippen LogP contribution >= 0.6 is 0 Å². The minimum absolute atomic E-state index is 0.333. The van der Waals surface area contributed by atoms with Crippen molar-refractivity contribution in [3.63, 3.8) is 0 Å². The van der Waals surface area contributed by atoms with Gasteiger partial charge in [-0.05, 0) is 31.9 Å². The number of aryl methyl sites for hydroxylation is 2. The summed E-state index contributed by atoms with van der Waals surface area (Å²) in [4.78, 5) is 0.400. The summed E-state index contributed by atoms with van der Waals surface area (Å²) in [7, 11) is -3.39. The lowest BCUT2D eigenvalue weighted by Gasteiger charge is -2.46. The van der Waals surface area contributed by atoms with Crippen molar-refractivity contribution in [3.8, 4) is 0 Å². The topological polar surface area (TPSA) is 63.4 Å². The van der Waals surface area contributed by atoms with Crippen molar-refractivity contribution in [1.29, 1.82) is 0 Å². The number of benzene rings is 1. The number of sulfonamides is 1. The summed E-state index contributed by atoms with van der Waals surface area (Å²) < 4.78 is 26.5. The highest BCUT2D eigenvalue weighted by Crippen LogP contribution is 2.30. The molecule has 0 radical (unpaired) electrons. The molecule has 1 aromatic rings. The van der Waals surface area contributed by atoms with Crippen LogP contribution in [-0.2, 0) is 10.0 Å². The van der Waals surface area contributed by atoms with E-state index in [1.807, 2.05) is 26.0 Å². The molecule has 0 saturated carbocycles. The third-order valence-electron chi connectivity index (χ3n) is 3.68. The standard InChI is InChI=1S/C14H22N2O2S/c1-4-7-14(15)9-16(10-14)19(17,18)13-6-5-11(2)8-12(13)3/h5-6,8H,4,7,9-10,15H2,1-3H3.